The Labute approximate surface area is 180 Å². The van der Waals surface area contributed by atoms with Crippen molar-refractivity contribution in [3.05, 3.63) is 94.4 Å². The van der Waals surface area contributed by atoms with Crippen LogP contribution in [0.3, 0.4) is 0 Å². The van der Waals surface area contributed by atoms with Crippen LogP contribution < -0.4 is 4.74 Å². The Bertz CT molecular complexity index is 1160. The van der Waals surface area contributed by atoms with Gasteiger partial charge in [0.05, 0.1) is 31.5 Å². The van der Waals surface area contributed by atoms with E-state index in [1.54, 1.807) is 43.5 Å². The number of furan rings is 1. The van der Waals surface area contributed by atoms with Crippen molar-refractivity contribution in [3.8, 4) is 5.75 Å². The minimum Gasteiger partial charge on any atom is -0.507 e. The van der Waals surface area contributed by atoms with E-state index >= 15 is 0 Å². The number of carbonyl (C=O) groups excluding carboxylic acids is 2. The third-order valence-corrected chi connectivity index (χ3v) is 5.53. The number of hydrogen-bond acceptors (Lipinski definition) is 5. The van der Waals surface area contributed by atoms with Crippen LogP contribution in [0.25, 0.3) is 5.76 Å². The molecular formula is C25H23NO5. The first-order chi connectivity index (χ1) is 14.9. The normalized spacial score (nSPS) is 17.9. The maximum atomic E-state index is 13.1. The van der Waals surface area contributed by atoms with Gasteiger partial charge in [-0.1, -0.05) is 29.8 Å². The lowest BCUT2D eigenvalue weighted by Crippen LogP contribution is -2.29. The minimum atomic E-state index is -0.754. The predicted octanol–water partition coefficient (Wildman–Crippen LogP) is 4.53. The summed E-state index contributed by atoms with van der Waals surface area (Å²) in [5.41, 5.74) is 3.05. The number of likely N-dealkylation sites (tertiary alicyclic amines) is 1. The molecule has 0 aliphatic carbocycles. The molecule has 1 aliphatic rings. The Morgan fingerprint density at radius 2 is 1.84 bits per heavy atom. The Morgan fingerprint density at radius 3 is 2.48 bits per heavy atom. The highest BCUT2D eigenvalue weighted by atomic mass is 16.5. The number of aryl methyl sites for hydroxylation is 2. The molecule has 31 heavy (non-hydrogen) atoms. The van der Waals surface area contributed by atoms with E-state index in [9.17, 15) is 14.7 Å². The second kappa shape index (κ2) is 8.14. The van der Waals surface area contributed by atoms with Gasteiger partial charge in [0, 0.05) is 5.56 Å². The fourth-order valence-corrected chi connectivity index (χ4v) is 3.88. The molecular weight excluding hydrogens is 394 g/mol. The van der Waals surface area contributed by atoms with Gasteiger partial charge in [-0.15, -0.1) is 0 Å². The van der Waals surface area contributed by atoms with E-state index in [-0.39, 0.29) is 17.9 Å². The summed E-state index contributed by atoms with van der Waals surface area (Å²) in [6.45, 7) is 3.88. The van der Waals surface area contributed by atoms with Crippen LogP contribution >= 0.6 is 0 Å². The molecule has 0 radical (unpaired) electrons. The van der Waals surface area contributed by atoms with Crippen molar-refractivity contribution in [1.29, 1.82) is 0 Å². The van der Waals surface area contributed by atoms with E-state index in [2.05, 4.69) is 0 Å². The number of hydrogen-bond donors (Lipinski definition) is 1. The van der Waals surface area contributed by atoms with Gasteiger partial charge in [-0.3, -0.25) is 9.59 Å². The number of amides is 1. The number of benzene rings is 2. The van der Waals surface area contributed by atoms with Crippen LogP contribution in [-0.4, -0.2) is 28.8 Å². The van der Waals surface area contributed by atoms with E-state index in [1.807, 2.05) is 32.0 Å². The molecule has 1 aliphatic heterocycles. The molecule has 6 nitrogen and oxygen atoms in total. The van der Waals surface area contributed by atoms with Crippen LogP contribution in [0.15, 0.2) is 70.9 Å². The minimum absolute atomic E-state index is 0.0652. The summed E-state index contributed by atoms with van der Waals surface area (Å²) < 4.78 is 10.6. The Morgan fingerprint density at radius 1 is 1.10 bits per heavy atom. The lowest BCUT2D eigenvalue weighted by Gasteiger charge is -2.24. The average molecular weight is 417 g/mol. The van der Waals surface area contributed by atoms with Crippen LogP contribution in [0.1, 0.15) is 34.1 Å². The fraction of sp³-hybridized carbons (Fsp3) is 0.200. The van der Waals surface area contributed by atoms with E-state index in [0.717, 1.165) is 11.1 Å². The van der Waals surface area contributed by atoms with E-state index in [0.29, 0.717) is 22.6 Å². The number of aliphatic hydroxyl groups is 1. The lowest BCUT2D eigenvalue weighted by atomic mass is 9.93. The van der Waals surface area contributed by atoms with Gasteiger partial charge in [-0.05, 0) is 55.3 Å². The molecule has 6 heteroatoms. The summed E-state index contributed by atoms with van der Waals surface area (Å²) in [5, 5.41) is 11.2. The van der Waals surface area contributed by atoms with Crippen LogP contribution in [0.4, 0.5) is 0 Å². The van der Waals surface area contributed by atoms with Crippen molar-refractivity contribution >= 4 is 17.4 Å². The molecule has 0 spiro atoms. The van der Waals surface area contributed by atoms with Gasteiger partial charge in [-0.2, -0.15) is 0 Å². The smallest absolute Gasteiger partial charge is 0.296 e. The van der Waals surface area contributed by atoms with Crippen molar-refractivity contribution in [3.63, 3.8) is 0 Å². The summed E-state index contributed by atoms with van der Waals surface area (Å²) in [6, 6.07) is 15.5. The van der Waals surface area contributed by atoms with Gasteiger partial charge in [-0.25, -0.2) is 0 Å². The molecule has 0 saturated carbocycles. The summed E-state index contributed by atoms with van der Waals surface area (Å²) in [6.07, 6.45) is 1.52. The number of ketones is 1. The number of carbonyl (C=O) groups is 2. The maximum Gasteiger partial charge on any atom is 0.296 e. The first kappa shape index (κ1) is 20.5. The van der Waals surface area contributed by atoms with Gasteiger partial charge in [0.2, 0.25) is 0 Å². The second-order valence-electron chi connectivity index (χ2n) is 7.60. The maximum absolute atomic E-state index is 13.1. The molecule has 1 atom stereocenters. The quantitative estimate of drug-likeness (QED) is 0.375. The monoisotopic (exact) mass is 417 g/mol. The van der Waals surface area contributed by atoms with Crippen molar-refractivity contribution in [1.82, 2.24) is 4.90 Å². The van der Waals surface area contributed by atoms with E-state index in [4.69, 9.17) is 9.15 Å². The summed E-state index contributed by atoms with van der Waals surface area (Å²) >= 11 is 0. The van der Waals surface area contributed by atoms with Crippen molar-refractivity contribution in [2.24, 2.45) is 0 Å². The molecule has 1 unspecified atom stereocenters. The fourth-order valence-electron chi connectivity index (χ4n) is 3.88. The average Bonchev–Trinajstić information content (AvgIpc) is 3.37. The first-order valence-corrected chi connectivity index (χ1v) is 9.93. The number of methoxy groups -OCH3 is 1. The van der Waals surface area contributed by atoms with Crippen LogP contribution in [0.2, 0.25) is 0 Å². The molecule has 3 aromatic rings. The highest BCUT2D eigenvalue weighted by molar-refractivity contribution is 6.46. The SMILES string of the molecule is COc1ccc(C2/C(=C(\O)c3cc(C)ccc3C)C(=O)C(=O)N2Cc2ccco2)cc1. The van der Waals surface area contributed by atoms with Crippen molar-refractivity contribution < 1.29 is 23.8 Å². The third kappa shape index (κ3) is 3.72. The molecule has 1 amide bonds. The van der Waals surface area contributed by atoms with Gasteiger partial charge in [0.1, 0.15) is 17.3 Å². The molecule has 1 aromatic heterocycles. The number of Topliss-reactive ketones (excluding diaryl/α,β-unsaturated/α-hetero) is 1. The molecule has 0 bridgehead atoms. The van der Waals surface area contributed by atoms with E-state index < -0.39 is 17.7 Å². The number of ether oxygens (including phenoxy) is 1. The molecule has 1 saturated heterocycles. The summed E-state index contributed by atoms with van der Waals surface area (Å²) in [5.74, 6) is -0.370. The zero-order chi connectivity index (χ0) is 22.1. The number of aliphatic hydroxyl groups excluding tert-OH is 1. The Kier molecular flexibility index (Phi) is 5.38. The number of nitrogens with zero attached hydrogens (tertiary/aromatic N) is 1. The van der Waals surface area contributed by atoms with Crippen molar-refractivity contribution in [2.45, 2.75) is 26.4 Å². The van der Waals surface area contributed by atoms with Crippen molar-refractivity contribution in [2.75, 3.05) is 7.11 Å². The van der Waals surface area contributed by atoms with Gasteiger partial charge in [0.15, 0.2) is 0 Å². The Balaban J connectivity index is 1.89. The third-order valence-electron chi connectivity index (χ3n) is 5.53. The van der Waals surface area contributed by atoms with Gasteiger partial charge >= 0.3 is 0 Å². The summed E-state index contributed by atoms with van der Waals surface area (Å²) in [7, 11) is 1.57. The molecule has 1 N–H and O–H groups in total. The van der Waals surface area contributed by atoms with Gasteiger partial charge in [0.25, 0.3) is 11.7 Å². The number of rotatable bonds is 5. The lowest BCUT2D eigenvalue weighted by molar-refractivity contribution is -0.140. The first-order valence-electron chi connectivity index (χ1n) is 9.93. The zero-order valence-corrected chi connectivity index (χ0v) is 17.6. The second-order valence-corrected chi connectivity index (χ2v) is 7.60. The predicted molar refractivity (Wildman–Crippen MR) is 115 cm³/mol. The highest BCUT2D eigenvalue weighted by Crippen LogP contribution is 2.41. The van der Waals surface area contributed by atoms with E-state index in [1.165, 1.54) is 11.2 Å². The highest BCUT2D eigenvalue weighted by Gasteiger charge is 2.46. The molecule has 1 fully saturated rings. The van der Waals surface area contributed by atoms with Crippen LogP contribution in [0.5, 0.6) is 5.75 Å². The standard InChI is InChI=1S/C25H23NO5/c1-15-6-7-16(2)20(13-15)23(27)21-22(17-8-10-18(30-3)11-9-17)26(25(29)24(21)28)14-19-5-4-12-31-19/h4-13,22,27H,14H2,1-3H3/b23-21+. The van der Waals surface area contributed by atoms with Crippen LogP contribution in [0, 0.1) is 13.8 Å². The molecule has 2 aromatic carbocycles. The molecule has 2 heterocycles. The largest absolute Gasteiger partial charge is 0.507 e. The Hall–Kier alpha value is -3.80. The molecule has 158 valence electrons. The van der Waals surface area contributed by atoms with Gasteiger partial charge < -0.3 is 19.2 Å². The summed E-state index contributed by atoms with van der Waals surface area (Å²) in [4.78, 5) is 27.5. The zero-order valence-electron chi connectivity index (χ0n) is 17.6. The topological polar surface area (TPSA) is 80.0 Å². The molecule has 4 rings (SSSR count). The van der Waals surface area contributed by atoms with Crippen LogP contribution in [-0.2, 0) is 16.1 Å².